The lowest BCUT2D eigenvalue weighted by Gasteiger charge is -2.03. The number of halogens is 1. The summed E-state index contributed by atoms with van der Waals surface area (Å²) in [7, 11) is 0. The van der Waals surface area contributed by atoms with Gasteiger partial charge in [0.05, 0.1) is 0 Å². The lowest BCUT2D eigenvalue weighted by atomic mass is 10.1. The van der Waals surface area contributed by atoms with E-state index in [1.165, 1.54) is 22.2 Å². The largest absolute Gasteiger partial charge is 0.488 e. The van der Waals surface area contributed by atoms with Crippen LogP contribution in [0.1, 0.15) is 10.4 Å². The van der Waals surface area contributed by atoms with E-state index in [2.05, 4.69) is 18.2 Å². The molecule has 20 heavy (non-hydrogen) atoms. The average molecular weight is 287 g/mol. The van der Waals surface area contributed by atoms with E-state index in [1.54, 1.807) is 23.5 Å². The van der Waals surface area contributed by atoms with E-state index in [-0.39, 0.29) is 5.82 Å². The van der Waals surface area contributed by atoms with Crippen molar-refractivity contribution in [1.29, 1.82) is 0 Å². The molecule has 2 aromatic carbocycles. The van der Waals surface area contributed by atoms with Gasteiger partial charge in [-0.05, 0) is 41.3 Å². The summed E-state index contributed by atoms with van der Waals surface area (Å²) >= 11 is 1.68. The minimum absolute atomic E-state index is 0.286. The first-order chi connectivity index (χ1) is 9.74. The number of benzene rings is 2. The highest BCUT2D eigenvalue weighted by atomic mass is 32.1. The van der Waals surface area contributed by atoms with Crippen LogP contribution in [0.2, 0.25) is 0 Å². The SMILES string of the molecule is NCc1ccc2sc(COc3cccc(F)c3)cc2c1. The van der Waals surface area contributed by atoms with Crippen LogP contribution in [0.5, 0.6) is 5.75 Å². The molecular formula is C16H14FNOS. The van der Waals surface area contributed by atoms with Crippen molar-refractivity contribution < 1.29 is 9.13 Å². The second-order valence-corrected chi connectivity index (χ2v) is 5.70. The maximum absolute atomic E-state index is 13.1. The second kappa shape index (κ2) is 5.61. The van der Waals surface area contributed by atoms with E-state index in [9.17, 15) is 4.39 Å². The summed E-state index contributed by atoms with van der Waals surface area (Å²) in [4.78, 5) is 1.11. The van der Waals surface area contributed by atoms with Gasteiger partial charge in [0.2, 0.25) is 0 Å². The Morgan fingerprint density at radius 2 is 2.00 bits per heavy atom. The van der Waals surface area contributed by atoms with Crippen LogP contribution in [0.4, 0.5) is 4.39 Å². The molecular weight excluding hydrogens is 273 g/mol. The van der Waals surface area contributed by atoms with Gasteiger partial charge >= 0.3 is 0 Å². The Labute approximate surface area is 120 Å². The minimum Gasteiger partial charge on any atom is -0.488 e. The van der Waals surface area contributed by atoms with E-state index in [0.717, 1.165) is 10.4 Å². The van der Waals surface area contributed by atoms with Crippen LogP contribution in [0.15, 0.2) is 48.5 Å². The molecule has 3 aromatic rings. The molecule has 0 radical (unpaired) electrons. The summed E-state index contributed by atoms with van der Waals surface area (Å²) < 4.78 is 19.9. The maximum atomic E-state index is 13.1. The fourth-order valence-corrected chi connectivity index (χ4v) is 3.02. The smallest absolute Gasteiger partial charge is 0.126 e. The Kier molecular flexibility index (Phi) is 3.67. The molecule has 4 heteroatoms. The first kappa shape index (κ1) is 13.1. The molecule has 3 rings (SSSR count). The monoisotopic (exact) mass is 287 g/mol. The van der Waals surface area contributed by atoms with Gasteiger partial charge < -0.3 is 10.5 Å². The van der Waals surface area contributed by atoms with Gasteiger partial charge in [-0.25, -0.2) is 4.39 Å². The first-order valence-electron chi connectivity index (χ1n) is 6.34. The molecule has 0 saturated carbocycles. The molecule has 2 nitrogen and oxygen atoms in total. The Hall–Kier alpha value is -1.91. The fourth-order valence-electron chi connectivity index (χ4n) is 2.06. The predicted molar refractivity (Wildman–Crippen MR) is 80.4 cm³/mol. The molecule has 1 heterocycles. The molecule has 0 aliphatic carbocycles. The number of hydrogen-bond acceptors (Lipinski definition) is 3. The zero-order valence-corrected chi connectivity index (χ0v) is 11.6. The highest BCUT2D eigenvalue weighted by Crippen LogP contribution is 2.27. The third kappa shape index (κ3) is 2.81. The summed E-state index contributed by atoms with van der Waals surface area (Å²) in [5.41, 5.74) is 6.76. The van der Waals surface area contributed by atoms with Gasteiger partial charge in [-0.15, -0.1) is 11.3 Å². The van der Waals surface area contributed by atoms with Crippen molar-refractivity contribution in [3.63, 3.8) is 0 Å². The van der Waals surface area contributed by atoms with Gasteiger partial charge in [0.25, 0.3) is 0 Å². The van der Waals surface area contributed by atoms with E-state index < -0.39 is 0 Å². The zero-order chi connectivity index (χ0) is 13.9. The number of thiophene rings is 1. The fraction of sp³-hybridized carbons (Fsp3) is 0.125. The van der Waals surface area contributed by atoms with Gasteiger partial charge in [-0.1, -0.05) is 12.1 Å². The van der Waals surface area contributed by atoms with Crippen LogP contribution in [-0.2, 0) is 13.2 Å². The number of nitrogens with two attached hydrogens (primary N) is 1. The Morgan fingerprint density at radius 1 is 1.10 bits per heavy atom. The molecule has 0 spiro atoms. The quantitative estimate of drug-likeness (QED) is 0.784. The lowest BCUT2D eigenvalue weighted by molar-refractivity contribution is 0.308. The van der Waals surface area contributed by atoms with Gasteiger partial charge in [0, 0.05) is 22.2 Å². The number of hydrogen-bond donors (Lipinski definition) is 1. The summed E-state index contributed by atoms with van der Waals surface area (Å²) in [6.45, 7) is 0.988. The number of fused-ring (bicyclic) bond motifs is 1. The molecule has 0 aliphatic heterocycles. The summed E-state index contributed by atoms with van der Waals surface area (Å²) in [5.74, 6) is 0.261. The van der Waals surface area contributed by atoms with Crippen LogP contribution in [0.25, 0.3) is 10.1 Å². The topological polar surface area (TPSA) is 35.2 Å². The van der Waals surface area contributed by atoms with Crippen molar-refractivity contribution in [2.24, 2.45) is 5.73 Å². The van der Waals surface area contributed by atoms with Crippen molar-refractivity contribution in [2.75, 3.05) is 0 Å². The van der Waals surface area contributed by atoms with Crippen LogP contribution < -0.4 is 10.5 Å². The van der Waals surface area contributed by atoms with Crippen molar-refractivity contribution >= 4 is 21.4 Å². The summed E-state index contributed by atoms with van der Waals surface area (Å²) in [6.07, 6.45) is 0. The molecule has 0 atom stereocenters. The van der Waals surface area contributed by atoms with Gasteiger partial charge in [0.1, 0.15) is 18.2 Å². The zero-order valence-electron chi connectivity index (χ0n) is 10.8. The first-order valence-corrected chi connectivity index (χ1v) is 7.16. The lowest BCUT2D eigenvalue weighted by Crippen LogP contribution is -1.94. The molecule has 2 N–H and O–H groups in total. The molecule has 0 fully saturated rings. The highest BCUT2D eigenvalue weighted by Gasteiger charge is 2.04. The van der Waals surface area contributed by atoms with E-state index in [1.807, 2.05) is 6.07 Å². The molecule has 0 amide bonds. The normalized spacial score (nSPS) is 10.9. The van der Waals surface area contributed by atoms with Crippen LogP contribution in [0, 0.1) is 5.82 Å². The second-order valence-electron chi connectivity index (χ2n) is 4.54. The number of ether oxygens (including phenoxy) is 1. The van der Waals surface area contributed by atoms with E-state index >= 15 is 0 Å². The summed E-state index contributed by atoms with van der Waals surface area (Å²) in [6, 6.07) is 14.5. The Bertz CT molecular complexity index is 738. The molecule has 102 valence electrons. The van der Waals surface area contributed by atoms with Crippen molar-refractivity contribution in [3.8, 4) is 5.75 Å². The van der Waals surface area contributed by atoms with Crippen molar-refractivity contribution in [1.82, 2.24) is 0 Å². The summed E-state index contributed by atoms with van der Waals surface area (Å²) in [5, 5.41) is 1.18. The predicted octanol–water partition coefficient (Wildman–Crippen LogP) is 4.08. The van der Waals surface area contributed by atoms with Crippen LogP contribution >= 0.6 is 11.3 Å². The van der Waals surface area contributed by atoms with Crippen molar-refractivity contribution in [3.05, 3.63) is 64.8 Å². The maximum Gasteiger partial charge on any atom is 0.126 e. The standard InChI is InChI=1S/C16H14FNOS/c17-13-2-1-3-14(8-13)19-10-15-7-12-6-11(9-18)4-5-16(12)20-15/h1-8H,9-10,18H2. The van der Waals surface area contributed by atoms with Gasteiger partial charge in [-0.2, -0.15) is 0 Å². The molecule has 0 unspecified atom stereocenters. The van der Waals surface area contributed by atoms with Crippen LogP contribution in [-0.4, -0.2) is 0 Å². The average Bonchev–Trinajstić information content (AvgIpc) is 2.87. The van der Waals surface area contributed by atoms with E-state index in [4.69, 9.17) is 10.5 Å². The minimum atomic E-state index is -0.286. The highest BCUT2D eigenvalue weighted by molar-refractivity contribution is 7.19. The van der Waals surface area contributed by atoms with Gasteiger partial charge in [-0.3, -0.25) is 0 Å². The third-order valence-electron chi connectivity index (χ3n) is 3.04. The van der Waals surface area contributed by atoms with Crippen molar-refractivity contribution in [2.45, 2.75) is 13.2 Å². The van der Waals surface area contributed by atoms with Crippen LogP contribution in [0.3, 0.4) is 0 Å². The molecule has 0 aliphatic rings. The number of rotatable bonds is 4. The Balaban J connectivity index is 1.77. The Morgan fingerprint density at radius 3 is 2.80 bits per heavy atom. The molecule has 0 saturated heterocycles. The van der Waals surface area contributed by atoms with E-state index in [0.29, 0.717) is 18.9 Å². The van der Waals surface area contributed by atoms with Gasteiger partial charge in [0.15, 0.2) is 0 Å². The third-order valence-corrected chi connectivity index (χ3v) is 4.13. The molecule has 0 bridgehead atoms. The molecule has 1 aromatic heterocycles.